The van der Waals surface area contributed by atoms with Gasteiger partial charge in [-0.15, -0.1) is 0 Å². The van der Waals surface area contributed by atoms with Gasteiger partial charge in [0.25, 0.3) is 0 Å². The van der Waals surface area contributed by atoms with Gasteiger partial charge in [-0.3, -0.25) is 4.79 Å². The van der Waals surface area contributed by atoms with Crippen LogP contribution in [-0.4, -0.2) is 5.91 Å². The molecule has 1 aliphatic heterocycles. The van der Waals surface area contributed by atoms with Crippen molar-refractivity contribution in [2.45, 2.75) is 17.7 Å². The van der Waals surface area contributed by atoms with E-state index in [1.807, 2.05) is 18.2 Å². The first-order valence-corrected chi connectivity index (χ1v) is 7.85. The number of hydrogen-bond acceptors (Lipinski definition) is 1. The van der Waals surface area contributed by atoms with Gasteiger partial charge in [-0.05, 0) is 41.8 Å². The Balaban J connectivity index is 1.97. The van der Waals surface area contributed by atoms with Gasteiger partial charge >= 0.3 is 0 Å². The van der Waals surface area contributed by atoms with Crippen molar-refractivity contribution in [3.63, 3.8) is 0 Å². The maximum Gasteiger partial charge on any atom is 0.224 e. The van der Waals surface area contributed by atoms with Crippen LogP contribution in [0.2, 0.25) is 5.02 Å². The summed E-state index contributed by atoms with van der Waals surface area (Å²) in [6, 6.07) is 10.3. The van der Waals surface area contributed by atoms with E-state index in [0.29, 0.717) is 23.4 Å². The summed E-state index contributed by atoms with van der Waals surface area (Å²) in [5.74, 6) is -0.265. The highest BCUT2D eigenvalue weighted by atomic mass is 79.9. The molecule has 2 nitrogen and oxygen atoms in total. The summed E-state index contributed by atoms with van der Waals surface area (Å²) in [5, 5.41) is 3.34. The average molecular weight is 369 g/mol. The predicted molar refractivity (Wildman–Crippen MR) is 85.6 cm³/mol. The van der Waals surface area contributed by atoms with E-state index in [0.717, 1.165) is 16.8 Å². The number of alkyl halides is 1. The van der Waals surface area contributed by atoms with Crippen LogP contribution in [0.3, 0.4) is 0 Å². The number of amides is 1. The summed E-state index contributed by atoms with van der Waals surface area (Å²) in [6.07, 6.45) is 1.18. The number of benzene rings is 2. The fraction of sp³-hybridized carbons (Fsp3) is 0.188. The van der Waals surface area contributed by atoms with Crippen LogP contribution in [0.15, 0.2) is 36.4 Å². The molecule has 1 heterocycles. The normalized spacial score (nSPS) is 15.3. The lowest BCUT2D eigenvalue weighted by molar-refractivity contribution is -0.116. The van der Waals surface area contributed by atoms with Crippen LogP contribution in [0.25, 0.3) is 0 Å². The monoisotopic (exact) mass is 367 g/mol. The highest BCUT2D eigenvalue weighted by Crippen LogP contribution is 2.36. The van der Waals surface area contributed by atoms with Gasteiger partial charge in [-0.2, -0.15) is 0 Å². The van der Waals surface area contributed by atoms with E-state index < -0.39 is 0 Å². The first kappa shape index (κ1) is 14.5. The van der Waals surface area contributed by atoms with Crippen LogP contribution in [0, 0.1) is 5.82 Å². The summed E-state index contributed by atoms with van der Waals surface area (Å²) in [7, 11) is 0. The second-order valence-electron chi connectivity index (χ2n) is 4.99. The summed E-state index contributed by atoms with van der Waals surface area (Å²) < 4.78 is 14.0. The summed E-state index contributed by atoms with van der Waals surface area (Å²) in [5.41, 5.74) is 3.34. The molecule has 3 rings (SSSR count). The molecule has 1 atom stereocenters. The van der Waals surface area contributed by atoms with Crippen molar-refractivity contribution in [1.29, 1.82) is 0 Å². The van der Waals surface area contributed by atoms with Crippen LogP contribution in [0.4, 0.5) is 10.1 Å². The van der Waals surface area contributed by atoms with Gasteiger partial charge in [0.05, 0.1) is 4.83 Å². The Morgan fingerprint density at radius 3 is 2.81 bits per heavy atom. The van der Waals surface area contributed by atoms with Crippen molar-refractivity contribution in [3.05, 3.63) is 63.9 Å². The lowest BCUT2D eigenvalue weighted by atomic mass is 9.97. The Bertz CT molecular complexity index is 719. The highest BCUT2D eigenvalue weighted by Gasteiger charge is 2.19. The van der Waals surface area contributed by atoms with Crippen LogP contribution in [0.5, 0.6) is 0 Å². The van der Waals surface area contributed by atoms with Gasteiger partial charge in [0.1, 0.15) is 5.82 Å². The molecule has 0 saturated heterocycles. The minimum Gasteiger partial charge on any atom is -0.326 e. The molecule has 2 aromatic carbocycles. The third-order valence-corrected chi connectivity index (χ3v) is 4.81. The van der Waals surface area contributed by atoms with Gasteiger partial charge in [-0.1, -0.05) is 39.7 Å². The molecular weight excluding hydrogens is 357 g/mol. The van der Waals surface area contributed by atoms with Crippen LogP contribution < -0.4 is 5.32 Å². The van der Waals surface area contributed by atoms with Gasteiger partial charge in [0, 0.05) is 22.7 Å². The number of aryl methyl sites for hydroxylation is 1. The van der Waals surface area contributed by atoms with Crippen molar-refractivity contribution in [1.82, 2.24) is 0 Å². The van der Waals surface area contributed by atoms with Crippen LogP contribution in [-0.2, 0) is 11.2 Å². The fourth-order valence-corrected chi connectivity index (χ4v) is 3.27. The molecule has 0 aliphatic carbocycles. The quantitative estimate of drug-likeness (QED) is 0.755. The number of rotatable bonds is 2. The topological polar surface area (TPSA) is 29.1 Å². The van der Waals surface area contributed by atoms with E-state index in [4.69, 9.17) is 11.6 Å². The number of hydrogen-bond donors (Lipinski definition) is 1. The molecule has 0 spiro atoms. The van der Waals surface area contributed by atoms with Crippen molar-refractivity contribution in [2.75, 3.05) is 5.32 Å². The van der Waals surface area contributed by atoms with E-state index in [9.17, 15) is 9.18 Å². The molecule has 0 fully saturated rings. The average Bonchev–Trinajstić information content (AvgIpc) is 2.48. The number of nitrogens with one attached hydrogen (secondary N) is 1. The molecule has 5 heteroatoms. The fourth-order valence-electron chi connectivity index (χ4n) is 2.45. The zero-order valence-electron chi connectivity index (χ0n) is 11.0. The van der Waals surface area contributed by atoms with Crippen molar-refractivity contribution >= 4 is 39.1 Å². The Kier molecular flexibility index (Phi) is 4.00. The number of halogens is 3. The Morgan fingerprint density at radius 1 is 1.19 bits per heavy atom. The maximum absolute atomic E-state index is 14.0. The van der Waals surface area contributed by atoms with Gasteiger partial charge < -0.3 is 5.32 Å². The molecule has 108 valence electrons. The lowest BCUT2D eigenvalue weighted by Crippen LogP contribution is -2.19. The molecule has 0 aromatic heterocycles. The first-order valence-electron chi connectivity index (χ1n) is 6.56. The number of anilines is 1. The van der Waals surface area contributed by atoms with Crippen LogP contribution >= 0.6 is 27.5 Å². The van der Waals surface area contributed by atoms with Gasteiger partial charge in [0.15, 0.2) is 0 Å². The number of carbonyl (C=O) groups is 1. The summed E-state index contributed by atoms with van der Waals surface area (Å²) in [4.78, 5) is 11.1. The molecule has 1 N–H and O–H groups in total. The largest absolute Gasteiger partial charge is 0.326 e. The molecule has 1 amide bonds. The Morgan fingerprint density at radius 2 is 2.00 bits per heavy atom. The Hall–Kier alpha value is -1.39. The molecule has 21 heavy (non-hydrogen) atoms. The molecule has 1 unspecified atom stereocenters. The van der Waals surface area contributed by atoms with Gasteiger partial charge in [0.2, 0.25) is 5.91 Å². The minimum absolute atomic E-state index is 0.0338. The van der Waals surface area contributed by atoms with Crippen LogP contribution in [0.1, 0.15) is 27.9 Å². The van der Waals surface area contributed by atoms with Crippen molar-refractivity contribution in [2.24, 2.45) is 0 Å². The molecule has 2 aromatic rings. The predicted octanol–water partition coefficient (Wildman–Crippen LogP) is 4.85. The molecule has 0 radical (unpaired) electrons. The molecule has 0 bridgehead atoms. The lowest BCUT2D eigenvalue weighted by Gasteiger charge is -2.19. The summed E-state index contributed by atoms with van der Waals surface area (Å²) >= 11 is 9.48. The zero-order valence-corrected chi connectivity index (χ0v) is 13.3. The van der Waals surface area contributed by atoms with E-state index in [1.54, 1.807) is 6.07 Å². The van der Waals surface area contributed by atoms with E-state index in [-0.39, 0.29) is 16.6 Å². The first-order chi connectivity index (χ1) is 10.0. The second-order valence-corrected chi connectivity index (χ2v) is 6.35. The zero-order chi connectivity index (χ0) is 15.0. The Labute approximate surface area is 135 Å². The molecule has 0 saturated carbocycles. The summed E-state index contributed by atoms with van der Waals surface area (Å²) in [6.45, 7) is 0. The van der Waals surface area contributed by atoms with Crippen molar-refractivity contribution in [3.8, 4) is 0 Å². The number of carbonyl (C=O) groups excluding carboxylic acids is 1. The smallest absolute Gasteiger partial charge is 0.224 e. The van der Waals surface area contributed by atoms with E-state index >= 15 is 0 Å². The van der Waals surface area contributed by atoms with E-state index in [2.05, 4.69) is 21.2 Å². The third kappa shape index (κ3) is 2.97. The SMILES string of the molecule is O=C1CCc2cc(C(Br)c3cc(Cl)ccc3F)ccc2N1. The molecule has 1 aliphatic rings. The standard InChI is InChI=1S/C16H12BrClFNO/c17-16(12-8-11(18)3-4-13(12)19)10-1-5-14-9(7-10)2-6-15(21)20-14/h1,3-5,7-8,16H,2,6H2,(H,20,21). The third-order valence-electron chi connectivity index (χ3n) is 3.55. The van der Waals surface area contributed by atoms with Gasteiger partial charge in [-0.25, -0.2) is 4.39 Å². The highest BCUT2D eigenvalue weighted by molar-refractivity contribution is 9.09. The van der Waals surface area contributed by atoms with Crippen molar-refractivity contribution < 1.29 is 9.18 Å². The van der Waals surface area contributed by atoms with E-state index in [1.165, 1.54) is 12.1 Å². The maximum atomic E-state index is 14.0. The molecular formula is C16H12BrClFNO. The minimum atomic E-state index is -0.299. The second kappa shape index (κ2) is 5.78. The number of fused-ring (bicyclic) bond motifs is 1.